The molecule has 0 aliphatic rings. The number of anilines is 2. The van der Waals surface area contributed by atoms with E-state index in [1.165, 1.54) is 0 Å². The van der Waals surface area contributed by atoms with Crippen molar-refractivity contribution >= 4 is 34.8 Å². The van der Waals surface area contributed by atoms with Gasteiger partial charge in [-0.05, 0) is 56.5 Å². The number of benzene rings is 2. The maximum Gasteiger partial charge on any atom is 0.314 e. The Kier molecular flexibility index (Phi) is 5.06. The summed E-state index contributed by atoms with van der Waals surface area (Å²) >= 11 is 5.91. The molecule has 2 N–H and O–H groups in total. The van der Waals surface area contributed by atoms with E-state index in [9.17, 15) is 9.59 Å². The first-order valence-electron chi connectivity index (χ1n) is 7.24. The Morgan fingerprint density at radius 1 is 0.826 bits per heavy atom. The van der Waals surface area contributed by atoms with Gasteiger partial charge in [-0.3, -0.25) is 9.59 Å². The molecule has 120 valence electrons. The van der Waals surface area contributed by atoms with E-state index < -0.39 is 11.8 Å². The third-order valence-electron chi connectivity index (χ3n) is 3.57. The van der Waals surface area contributed by atoms with Crippen LogP contribution < -0.4 is 10.6 Å². The lowest BCUT2D eigenvalue weighted by atomic mass is 10.1. The van der Waals surface area contributed by atoms with Gasteiger partial charge in [0.05, 0.1) is 0 Å². The minimum Gasteiger partial charge on any atom is -0.317 e. The molecule has 0 aromatic heterocycles. The second-order valence-electron chi connectivity index (χ2n) is 5.64. The van der Waals surface area contributed by atoms with Crippen LogP contribution in [0.15, 0.2) is 30.3 Å². The highest BCUT2D eigenvalue weighted by Crippen LogP contribution is 2.23. The lowest BCUT2D eigenvalue weighted by molar-refractivity contribution is -0.133. The monoisotopic (exact) mass is 330 g/mol. The Morgan fingerprint density at radius 3 is 2.00 bits per heavy atom. The molecule has 23 heavy (non-hydrogen) atoms. The number of hydrogen-bond acceptors (Lipinski definition) is 2. The van der Waals surface area contributed by atoms with E-state index in [-0.39, 0.29) is 0 Å². The maximum absolute atomic E-state index is 12.1. The van der Waals surface area contributed by atoms with Gasteiger partial charge in [0.1, 0.15) is 0 Å². The predicted molar refractivity (Wildman–Crippen MR) is 94.1 cm³/mol. The average Bonchev–Trinajstić information content (AvgIpc) is 2.46. The van der Waals surface area contributed by atoms with Crippen molar-refractivity contribution in [1.29, 1.82) is 0 Å². The number of aryl methyl sites for hydroxylation is 4. The van der Waals surface area contributed by atoms with Crippen molar-refractivity contribution in [3.05, 3.63) is 57.6 Å². The van der Waals surface area contributed by atoms with Gasteiger partial charge in [0.15, 0.2) is 0 Å². The molecular formula is C18H19ClN2O2. The molecule has 0 saturated heterocycles. The van der Waals surface area contributed by atoms with E-state index in [1.807, 2.05) is 39.8 Å². The summed E-state index contributed by atoms with van der Waals surface area (Å²) in [7, 11) is 0. The molecule has 0 spiro atoms. The second kappa shape index (κ2) is 6.84. The first kappa shape index (κ1) is 17.0. The van der Waals surface area contributed by atoms with E-state index in [1.54, 1.807) is 18.2 Å². The summed E-state index contributed by atoms with van der Waals surface area (Å²) in [6, 6.07) is 9.05. The lowest BCUT2D eigenvalue weighted by Crippen LogP contribution is -2.30. The van der Waals surface area contributed by atoms with Gasteiger partial charge in [-0.15, -0.1) is 0 Å². The van der Waals surface area contributed by atoms with Gasteiger partial charge in [-0.25, -0.2) is 0 Å². The van der Waals surface area contributed by atoms with E-state index in [2.05, 4.69) is 10.6 Å². The second-order valence-corrected chi connectivity index (χ2v) is 6.08. The molecule has 0 heterocycles. The molecule has 0 saturated carbocycles. The van der Waals surface area contributed by atoms with Crippen molar-refractivity contribution in [2.75, 3.05) is 10.6 Å². The van der Waals surface area contributed by atoms with Crippen LogP contribution >= 0.6 is 11.6 Å². The third-order valence-corrected chi connectivity index (χ3v) is 3.80. The Bertz CT molecular complexity index is 762. The van der Waals surface area contributed by atoms with Crippen LogP contribution in [0.4, 0.5) is 11.4 Å². The zero-order valence-corrected chi connectivity index (χ0v) is 14.3. The minimum absolute atomic E-state index is 0.497. The van der Waals surface area contributed by atoms with Crippen LogP contribution in [0.1, 0.15) is 22.3 Å². The van der Waals surface area contributed by atoms with Crippen molar-refractivity contribution < 1.29 is 9.59 Å². The fourth-order valence-corrected chi connectivity index (χ4v) is 2.63. The Balaban J connectivity index is 2.15. The Labute approximate surface area is 140 Å². The largest absolute Gasteiger partial charge is 0.317 e. The number of hydrogen-bond donors (Lipinski definition) is 2. The van der Waals surface area contributed by atoms with Gasteiger partial charge >= 0.3 is 11.8 Å². The number of carbonyl (C=O) groups is 2. The molecule has 2 aromatic rings. The number of rotatable bonds is 2. The first-order chi connectivity index (χ1) is 10.8. The molecular weight excluding hydrogens is 312 g/mol. The van der Waals surface area contributed by atoms with Gasteiger partial charge in [0.25, 0.3) is 0 Å². The number of halogens is 1. The SMILES string of the molecule is Cc1cc(C)c(NC(=O)C(=O)Nc2cc(Cl)ccc2C)c(C)c1. The predicted octanol–water partition coefficient (Wildman–Crippen LogP) is 4.15. The molecule has 0 bridgehead atoms. The van der Waals surface area contributed by atoms with Gasteiger partial charge in [0, 0.05) is 16.4 Å². The van der Waals surface area contributed by atoms with Crippen molar-refractivity contribution in [3.8, 4) is 0 Å². The summed E-state index contributed by atoms with van der Waals surface area (Å²) in [5.74, 6) is -1.44. The van der Waals surface area contributed by atoms with Crippen molar-refractivity contribution in [3.63, 3.8) is 0 Å². The molecule has 2 aromatic carbocycles. The summed E-state index contributed by atoms with van der Waals surface area (Å²) in [5.41, 5.74) is 4.97. The van der Waals surface area contributed by atoms with Gasteiger partial charge in [-0.1, -0.05) is 35.4 Å². The van der Waals surface area contributed by atoms with Gasteiger partial charge in [-0.2, -0.15) is 0 Å². The average molecular weight is 331 g/mol. The Morgan fingerprint density at radius 2 is 1.39 bits per heavy atom. The van der Waals surface area contributed by atoms with E-state index in [0.717, 1.165) is 22.3 Å². The molecule has 0 atom stereocenters. The highest BCUT2D eigenvalue weighted by Gasteiger charge is 2.17. The standard InChI is InChI=1S/C18H19ClN2O2/c1-10-7-12(3)16(13(4)8-10)21-18(23)17(22)20-15-9-14(19)6-5-11(15)2/h5-9H,1-4H3,(H,20,22)(H,21,23). The van der Waals surface area contributed by atoms with E-state index in [0.29, 0.717) is 16.4 Å². The van der Waals surface area contributed by atoms with Crippen LogP contribution in [0.25, 0.3) is 0 Å². The molecule has 2 rings (SSSR count). The first-order valence-corrected chi connectivity index (χ1v) is 7.62. The minimum atomic E-state index is -0.727. The summed E-state index contributed by atoms with van der Waals surface area (Å²) < 4.78 is 0. The number of amides is 2. The fourth-order valence-electron chi connectivity index (χ4n) is 2.46. The van der Waals surface area contributed by atoms with Crippen LogP contribution in [-0.4, -0.2) is 11.8 Å². The quantitative estimate of drug-likeness (QED) is 0.813. The highest BCUT2D eigenvalue weighted by molar-refractivity contribution is 6.44. The van der Waals surface area contributed by atoms with Gasteiger partial charge in [0.2, 0.25) is 0 Å². The molecule has 2 amide bonds. The van der Waals surface area contributed by atoms with Crippen LogP contribution in [0, 0.1) is 27.7 Å². The van der Waals surface area contributed by atoms with Crippen LogP contribution in [0.3, 0.4) is 0 Å². The Hall–Kier alpha value is -2.33. The zero-order valence-electron chi connectivity index (χ0n) is 13.6. The van der Waals surface area contributed by atoms with Crippen molar-refractivity contribution in [2.45, 2.75) is 27.7 Å². The lowest BCUT2D eigenvalue weighted by Gasteiger charge is -2.13. The van der Waals surface area contributed by atoms with Crippen LogP contribution in [-0.2, 0) is 9.59 Å². The molecule has 0 aliphatic carbocycles. The van der Waals surface area contributed by atoms with Crippen LogP contribution in [0.2, 0.25) is 5.02 Å². The molecule has 0 aliphatic heterocycles. The third kappa shape index (κ3) is 4.11. The topological polar surface area (TPSA) is 58.2 Å². The summed E-state index contributed by atoms with van der Waals surface area (Å²) in [4.78, 5) is 24.2. The molecule has 4 nitrogen and oxygen atoms in total. The van der Waals surface area contributed by atoms with E-state index >= 15 is 0 Å². The summed E-state index contributed by atoms with van der Waals surface area (Å²) in [6.45, 7) is 7.61. The molecule has 0 fully saturated rings. The molecule has 5 heteroatoms. The molecule has 0 radical (unpaired) electrons. The fraction of sp³-hybridized carbons (Fsp3) is 0.222. The van der Waals surface area contributed by atoms with Crippen molar-refractivity contribution in [2.24, 2.45) is 0 Å². The molecule has 0 unspecified atom stereocenters. The maximum atomic E-state index is 12.1. The van der Waals surface area contributed by atoms with Gasteiger partial charge < -0.3 is 10.6 Å². The normalized spacial score (nSPS) is 10.3. The summed E-state index contributed by atoms with van der Waals surface area (Å²) in [6.07, 6.45) is 0. The highest BCUT2D eigenvalue weighted by atomic mass is 35.5. The summed E-state index contributed by atoms with van der Waals surface area (Å²) in [5, 5.41) is 5.76. The van der Waals surface area contributed by atoms with Crippen LogP contribution in [0.5, 0.6) is 0 Å². The smallest absolute Gasteiger partial charge is 0.314 e. The zero-order chi connectivity index (χ0) is 17.1. The number of nitrogens with one attached hydrogen (secondary N) is 2. The van der Waals surface area contributed by atoms with E-state index in [4.69, 9.17) is 11.6 Å². The number of carbonyl (C=O) groups excluding carboxylic acids is 2. The van der Waals surface area contributed by atoms with Crippen molar-refractivity contribution in [1.82, 2.24) is 0 Å².